The van der Waals surface area contributed by atoms with Crippen molar-refractivity contribution in [2.75, 3.05) is 26.7 Å². The van der Waals surface area contributed by atoms with Gasteiger partial charge in [0.2, 0.25) is 5.91 Å². The third kappa shape index (κ3) is 4.90. The van der Waals surface area contributed by atoms with Crippen LogP contribution in [0.4, 0.5) is 0 Å². The highest BCUT2D eigenvalue weighted by Gasteiger charge is 2.30. The lowest BCUT2D eigenvalue weighted by Gasteiger charge is -2.33. The van der Waals surface area contributed by atoms with Gasteiger partial charge in [-0.1, -0.05) is 32.1 Å². The molecule has 20 heavy (non-hydrogen) atoms. The van der Waals surface area contributed by atoms with Crippen molar-refractivity contribution in [3.8, 4) is 0 Å². The predicted octanol–water partition coefficient (Wildman–Crippen LogP) is 2.21. The van der Waals surface area contributed by atoms with Gasteiger partial charge in [0.25, 0.3) is 0 Å². The minimum absolute atomic E-state index is 0. The van der Waals surface area contributed by atoms with Crippen molar-refractivity contribution in [1.29, 1.82) is 0 Å². The van der Waals surface area contributed by atoms with Gasteiger partial charge in [-0.25, -0.2) is 0 Å². The van der Waals surface area contributed by atoms with Crippen LogP contribution in [0.5, 0.6) is 0 Å². The van der Waals surface area contributed by atoms with E-state index in [-0.39, 0.29) is 30.5 Å². The Kier molecular flexibility index (Phi) is 7.85. The normalized spacial score (nSPS) is 27.7. The molecular formula is C15H29ClN2O2. The molecule has 118 valence electrons. The largest absolute Gasteiger partial charge is 0.375 e. The second-order valence-electron chi connectivity index (χ2n) is 6.06. The summed E-state index contributed by atoms with van der Waals surface area (Å²) in [6.07, 6.45) is 7.98. The number of hydrogen-bond acceptors (Lipinski definition) is 3. The number of nitrogens with one attached hydrogen (secondary N) is 1. The van der Waals surface area contributed by atoms with Gasteiger partial charge < -0.3 is 15.0 Å². The monoisotopic (exact) mass is 304 g/mol. The number of morpholine rings is 1. The SMILES string of the molecule is C[C@H]1OCCN[C@@H]1C(=O)N(C)CCC1CCCCC1.Cl. The fourth-order valence-corrected chi connectivity index (χ4v) is 3.21. The fraction of sp³-hybridized carbons (Fsp3) is 0.933. The number of amides is 1. The maximum atomic E-state index is 12.4. The molecule has 2 atom stereocenters. The van der Waals surface area contributed by atoms with Crippen LogP contribution in [0, 0.1) is 5.92 Å². The van der Waals surface area contributed by atoms with Crippen molar-refractivity contribution in [2.24, 2.45) is 5.92 Å². The molecule has 0 radical (unpaired) electrons. The Morgan fingerprint density at radius 2 is 2.00 bits per heavy atom. The molecular weight excluding hydrogens is 276 g/mol. The van der Waals surface area contributed by atoms with E-state index in [2.05, 4.69) is 5.32 Å². The Morgan fingerprint density at radius 3 is 2.65 bits per heavy atom. The first-order chi connectivity index (χ1) is 9.18. The molecule has 0 spiro atoms. The zero-order valence-corrected chi connectivity index (χ0v) is 13.6. The second kappa shape index (κ2) is 8.85. The van der Waals surface area contributed by atoms with Crippen LogP contribution in [0.1, 0.15) is 45.4 Å². The smallest absolute Gasteiger partial charge is 0.242 e. The summed E-state index contributed by atoms with van der Waals surface area (Å²) in [4.78, 5) is 14.3. The van der Waals surface area contributed by atoms with Gasteiger partial charge in [0.05, 0.1) is 12.7 Å². The average Bonchev–Trinajstić information content (AvgIpc) is 2.45. The number of nitrogens with zero attached hydrogens (tertiary/aromatic N) is 1. The molecule has 1 N–H and O–H groups in total. The summed E-state index contributed by atoms with van der Waals surface area (Å²) in [5.41, 5.74) is 0. The molecule has 1 saturated heterocycles. The number of halogens is 1. The molecule has 1 aliphatic carbocycles. The summed E-state index contributed by atoms with van der Waals surface area (Å²) in [5, 5.41) is 3.27. The first-order valence-electron chi connectivity index (χ1n) is 7.78. The van der Waals surface area contributed by atoms with Gasteiger partial charge in [-0.05, 0) is 19.3 Å². The van der Waals surface area contributed by atoms with Crippen LogP contribution in [0.15, 0.2) is 0 Å². The molecule has 1 amide bonds. The van der Waals surface area contributed by atoms with Crippen molar-refractivity contribution in [3.05, 3.63) is 0 Å². The summed E-state index contributed by atoms with van der Waals surface area (Å²) < 4.78 is 5.55. The fourth-order valence-electron chi connectivity index (χ4n) is 3.21. The van der Waals surface area contributed by atoms with Crippen LogP contribution in [0.25, 0.3) is 0 Å². The summed E-state index contributed by atoms with van der Waals surface area (Å²) in [6.45, 7) is 4.34. The molecule has 0 aromatic heterocycles. The number of rotatable bonds is 4. The van der Waals surface area contributed by atoms with Crippen LogP contribution in [0.3, 0.4) is 0 Å². The molecule has 2 fully saturated rings. The number of likely N-dealkylation sites (N-methyl/N-ethyl adjacent to an activating group) is 1. The number of carbonyl (C=O) groups excluding carboxylic acids is 1. The quantitative estimate of drug-likeness (QED) is 0.866. The molecule has 5 heteroatoms. The van der Waals surface area contributed by atoms with Crippen molar-refractivity contribution in [2.45, 2.75) is 57.6 Å². The number of hydrogen-bond donors (Lipinski definition) is 1. The molecule has 0 aromatic carbocycles. The molecule has 2 aliphatic rings. The van der Waals surface area contributed by atoms with Crippen molar-refractivity contribution < 1.29 is 9.53 Å². The standard InChI is InChI=1S/C15H28N2O2.ClH/c1-12-14(16-9-11-19-12)15(18)17(2)10-8-13-6-4-3-5-7-13;/h12-14,16H,3-11H2,1-2H3;1H/t12-,14+;/m1./s1. The van der Waals surface area contributed by atoms with Crippen molar-refractivity contribution >= 4 is 18.3 Å². The van der Waals surface area contributed by atoms with Gasteiger partial charge in [-0.15, -0.1) is 12.4 Å². The van der Waals surface area contributed by atoms with Gasteiger partial charge in [-0.3, -0.25) is 4.79 Å². The van der Waals surface area contributed by atoms with E-state index in [9.17, 15) is 4.79 Å². The van der Waals surface area contributed by atoms with Crippen LogP contribution in [-0.4, -0.2) is 49.7 Å². The third-order valence-electron chi connectivity index (χ3n) is 4.56. The Balaban J connectivity index is 0.00000200. The summed E-state index contributed by atoms with van der Waals surface area (Å²) in [5.74, 6) is 1.01. The predicted molar refractivity (Wildman–Crippen MR) is 83.3 cm³/mol. The lowest BCUT2D eigenvalue weighted by Crippen LogP contribution is -2.55. The zero-order chi connectivity index (χ0) is 13.7. The molecule has 0 unspecified atom stereocenters. The minimum Gasteiger partial charge on any atom is -0.375 e. The van der Waals surface area contributed by atoms with E-state index in [1.54, 1.807) is 0 Å². The van der Waals surface area contributed by atoms with E-state index in [1.807, 2.05) is 18.9 Å². The van der Waals surface area contributed by atoms with E-state index >= 15 is 0 Å². The van der Waals surface area contributed by atoms with Crippen LogP contribution in [0.2, 0.25) is 0 Å². The summed E-state index contributed by atoms with van der Waals surface area (Å²) >= 11 is 0. The Hall–Kier alpha value is -0.320. The van der Waals surface area contributed by atoms with Crippen molar-refractivity contribution in [3.63, 3.8) is 0 Å². The molecule has 4 nitrogen and oxygen atoms in total. The van der Waals surface area contributed by atoms with Gasteiger partial charge in [0.1, 0.15) is 6.04 Å². The molecule has 1 heterocycles. The summed E-state index contributed by atoms with van der Waals surface area (Å²) in [7, 11) is 1.92. The van der Waals surface area contributed by atoms with Gasteiger partial charge in [0, 0.05) is 20.1 Å². The first kappa shape index (κ1) is 17.7. The van der Waals surface area contributed by atoms with Gasteiger partial charge in [0.15, 0.2) is 0 Å². The third-order valence-corrected chi connectivity index (χ3v) is 4.56. The zero-order valence-electron chi connectivity index (χ0n) is 12.8. The molecule has 0 bridgehead atoms. The lowest BCUT2D eigenvalue weighted by molar-refractivity contribution is -0.138. The highest BCUT2D eigenvalue weighted by atomic mass is 35.5. The molecule has 1 aliphatic heterocycles. The number of carbonyl (C=O) groups is 1. The van der Waals surface area contributed by atoms with Crippen molar-refractivity contribution in [1.82, 2.24) is 10.2 Å². The highest BCUT2D eigenvalue weighted by molar-refractivity contribution is 5.85. The molecule has 2 rings (SSSR count). The van der Waals surface area contributed by atoms with E-state index in [0.717, 1.165) is 25.4 Å². The Labute approximate surface area is 129 Å². The Bertz CT molecular complexity index is 296. The van der Waals surface area contributed by atoms with E-state index in [4.69, 9.17) is 4.74 Å². The molecule has 0 aromatic rings. The van der Waals surface area contributed by atoms with Gasteiger partial charge >= 0.3 is 0 Å². The maximum absolute atomic E-state index is 12.4. The van der Waals surface area contributed by atoms with Gasteiger partial charge in [-0.2, -0.15) is 0 Å². The van der Waals surface area contributed by atoms with E-state index < -0.39 is 0 Å². The maximum Gasteiger partial charge on any atom is 0.242 e. The lowest BCUT2D eigenvalue weighted by atomic mass is 9.87. The van der Waals surface area contributed by atoms with Crippen LogP contribution in [-0.2, 0) is 9.53 Å². The highest BCUT2D eigenvalue weighted by Crippen LogP contribution is 2.26. The topological polar surface area (TPSA) is 41.6 Å². The minimum atomic E-state index is -0.162. The van der Waals surface area contributed by atoms with Crippen LogP contribution < -0.4 is 5.32 Å². The molecule has 1 saturated carbocycles. The van der Waals surface area contributed by atoms with E-state index in [0.29, 0.717) is 6.61 Å². The second-order valence-corrected chi connectivity index (χ2v) is 6.06. The Morgan fingerprint density at radius 1 is 1.30 bits per heavy atom. The number of ether oxygens (including phenoxy) is 1. The summed E-state index contributed by atoms with van der Waals surface area (Å²) in [6, 6.07) is -0.162. The first-order valence-corrected chi connectivity index (χ1v) is 7.78. The average molecular weight is 305 g/mol. The van der Waals surface area contributed by atoms with E-state index in [1.165, 1.54) is 32.1 Å². The van der Waals surface area contributed by atoms with Crippen LogP contribution >= 0.6 is 12.4 Å².